The summed E-state index contributed by atoms with van der Waals surface area (Å²) in [6.07, 6.45) is 0. The maximum absolute atomic E-state index is 2.58. The van der Waals surface area contributed by atoms with Crippen molar-refractivity contribution in [2.24, 2.45) is 0 Å². The lowest BCUT2D eigenvalue weighted by Crippen LogP contribution is -2.26. The van der Waals surface area contributed by atoms with Gasteiger partial charge in [-0.2, -0.15) is 0 Å². The van der Waals surface area contributed by atoms with Crippen molar-refractivity contribution in [2.45, 2.75) is 5.41 Å². The summed E-state index contributed by atoms with van der Waals surface area (Å²) in [6, 6.07) is 88.8. The summed E-state index contributed by atoms with van der Waals surface area (Å²) in [4.78, 5) is 2.58. The molecule has 296 valence electrons. The molecular formula is C63H39N. The third-order valence-electron chi connectivity index (χ3n) is 14.4. The van der Waals surface area contributed by atoms with E-state index < -0.39 is 5.41 Å². The van der Waals surface area contributed by atoms with Crippen LogP contribution in [0.3, 0.4) is 0 Å². The Hall–Kier alpha value is -8.26. The van der Waals surface area contributed by atoms with Crippen LogP contribution in [-0.4, -0.2) is 0 Å². The van der Waals surface area contributed by atoms with E-state index in [2.05, 4.69) is 241 Å². The van der Waals surface area contributed by atoms with Crippen LogP contribution in [0.15, 0.2) is 237 Å². The molecule has 0 amide bonds. The minimum atomic E-state index is -0.506. The molecule has 1 nitrogen and oxygen atoms in total. The van der Waals surface area contributed by atoms with Crippen LogP contribution < -0.4 is 4.90 Å². The molecule has 14 rings (SSSR count). The fourth-order valence-corrected chi connectivity index (χ4v) is 11.8. The van der Waals surface area contributed by atoms with Crippen LogP contribution in [0.1, 0.15) is 22.3 Å². The zero-order valence-electron chi connectivity index (χ0n) is 35.0. The van der Waals surface area contributed by atoms with Crippen LogP contribution in [0, 0.1) is 0 Å². The monoisotopic (exact) mass is 809 g/mol. The Kier molecular flexibility index (Phi) is 7.38. The highest BCUT2D eigenvalue weighted by Gasteiger charge is 2.52. The van der Waals surface area contributed by atoms with Crippen molar-refractivity contribution in [3.63, 3.8) is 0 Å². The molecule has 0 bridgehead atoms. The summed E-state index contributed by atoms with van der Waals surface area (Å²) in [7, 11) is 0. The van der Waals surface area contributed by atoms with Gasteiger partial charge < -0.3 is 4.90 Å². The number of nitrogens with zero attached hydrogens (tertiary/aromatic N) is 1. The molecule has 0 aliphatic heterocycles. The molecule has 64 heavy (non-hydrogen) atoms. The predicted molar refractivity (Wildman–Crippen MR) is 270 cm³/mol. The maximum atomic E-state index is 2.58. The second kappa shape index (κ2) is 13.4. The normalized spacial score (nSPS) is 13.1. The van der Waals surface area contributed by atoms with E-state index in [4.69, 9.17) is 0 Å². The highest BCUT2D eigenvalue weighted by molar-refractivity contribution is 6.26. The van der Waals surface area contributed by atoms with Crippen LogP contribution in [0.4, 0.5) is 17.1 Å². The Bertz CT molecular complexity index is 3840. The summed E-state index contributed by atoms with van der Waals surface area (Å²) in [5, 5.41) is 12.4. The fourth-order valence-electron chi connectivity index (χ4n) is 11.8. The fraction of sp³-hybridized carbons (Fsp3) is 0.0159. The molecule has 1 heteroatoms. The van der Waals surface area contributed by atoms with Gasteiger partial charge in [-0.3, -0.25) is 0 Å². The van der Waals surface area contributed by atoms with E-state index in [1.807, 2.05) is 0 Å². The Morgan fingerprint density at radius 2 is 0.672 bits per heavy atom. The largest absolute Gasteiger partial charge is 0.309 e. The molecule has 0 saturated heterocycles. The Morgan fingerprint density at radius 1 is 0.234 bits per heavy atom. The lowest BCUT2D eigenvalue weighted by Gasteiger charge is -2.34. The van der Waals surface area contributed by atoms with Gasteiger partial charge in [0.2, 0.25) is 0 Å². The molecule has 12 aromatic rings. The van der Waals surface area contributed by atoms with E-state index in [-0.39, 0.29) is 0 Å². The lowest BCUT2D eigenvalue weighted by atomic mass is 9.70. The van der Waals surface area contributed by atoms with Gasteiger partial charge in [0, 0.05) is 16.6 Å². The SMILES string of the molecule is c1ccc2c(c1)-c1ccccc1C21c2ccccc2-c2cc(-c3cccc4ccccc34)c(N(c3ccc4c5ccccc5c5ccccc5c4c3)c3cccc4ccccc34)cc21. The molecule has 2 aliphatic rings. The number of benzene rings is 12. The second-order valence-corrected chi connectivity index (χ2v) is 17.5. The van der Waals surface area contributed by atoms with Gasteiger partial charge in [0.1, 0.15) is 0 Å². The maximum Gasteiger partial charge on any atom is 0.0726 e. The number of hydrogen-bond acceptors (Lipinski definition) is 1. The van der Waals surface area contributed by atoms with Crippen molar-refractivity contribution < 1.29 is 0 Å². The highest BCUT2D eigenvalue weighted by atomic mass is 15.1. The third kappa shape index (κ3) is 4.73. The van der Waals surface area contributed by atoms with Gasteiger partial charge in [0.25, 0.3) is 0 Å². The first kappa shape index (κ1) is 35.3. The summed E-state index contributed by atoms with van der Waals surface area (Å²) >= 11 is 0. The van der Waals surface area contributed by atoms with Gasteiger partial charge in [-0.15, -0.1) is 0 Å². The molecule has 0 N–H and O–H groups in total. The summed E-state index contributed by atoms with van der Waals surface area (Å²) in [6.45, 7) is 0. The Labute approximate surface area is 371 Å². The minimum absolute atomic E-state index is 0.506. The minimum Gasteiger partial charge on any atom is -0.309 e. The molecule has 0 radical (unpaired) electrons. The van der Waals surface area contributed by atoms with E-state index in [9.17, 15) is 0 Å². The van der Waals surface area contributed by atoms with Crippen molar-refractivity contribution in [1.29, 1.82) is 0 Å². The van der Waals surface area contributed by atoms with E-state index in [1.54, 1.807) is 0 Å². The number of rotatable bonds is 4. The van der Waals surface area contributed by atoms with Gasteiger partial charge in [-0.1, -0.05) is 206 Å². The van der Waals surface area contributed by atoms with E-state index in [0.717, 1.165) is 17.1 Å². The van der Waals surface area contributed by atoms with Crippen LogP contribution >= 0.6 is 0 Å². The lowest BCUT2D eigenvalue weighted by molar-refractivity contribution is 0.794. The standard InChI is InChI=1S/C63H39N/c1-3-21-43-40(17-1)19-15-30-45(43)56-38-55-53-29-11-14-33-59(53)63(57-31-12-9-27-51(57)52-28-10-13-32-58(52)63)60(55)39-62(56)64(61-34-16-20-41-18-2-4-22-44(41)61)42-35-36-50-48-25-6-5-23-46(48)47-24-7-8-26-49(47)54(50)37-42/h1-39H. The third-order valence-corrected chi connectivity index (χ3v) is 14.4. The van der Waals surface area contributed by atoms with Gasteiger partial charge >= 0.3 is 0 Å². The number of hydrogen-bond donors (Lipinski definition) is 0. The van der Waals surface area contributed by atoms with Gasteiger partial charge in [0.15, 0.2) is 0 Å². The summed E-state index contributed by atoms with van der Waals surface area (Å²) in [5.74, 6) is 0. The summed E-state index contributed by atoms with van der Waals surface area (Å²) < 4.78 is 0. The molecular weight excluding hydrogens is 771 g/mol. The van der Waals surface area contributed by atoms with Crippen LogP contribution in [0.2, 0.25) is 0 Å². The van der Waals surface area contributed by atoms with Crippen LogP contribution in [-0.2, 0) is 5.41 Å². The zero-order valence-corrected chi connectivity index (χ0v) is 35.0. The molecule has 0 heterocycles. The van der Waals surface area contributed by atoms with Gasteiger partial charge in [-0.05, 0) is 129 Å². The highest BCUT2D eigenvalue weighted by Crippen LogP contribution is 2.64. The summed E-state index contributed by atoms with van der Waals surface area (Å²) in [5.41, 5.74) is 15.8. The second-order valence-electron chi connectivity index (χ2n) is 17.5. The number of fused-ring (bicyclic) bond motifs is 18. The first-order valence-corrected chi connectivity index (χ1v) is 22.3. The predicted octanol–water partition coefficient (Wildman–Crippen LogP) is 16.9. The van der Waals surface area contributed by atoms with Gasteiger partial charge in [-0.25, -0.2) is 0 Å². The van der Waals surface area contributed by atoms with Crippen molar-refractivity contribution >= 4 is 70.9 Å². The van der Waals surface area contributed by atoms with Crippen molar-refractivity contribution in [2.75, 3.05) is 4.90 Å². The smallest absolute Gasteiger partial charge is 0.0726 e. The first-order chi connectivity index (χ1) is 31.8. The average molecular weight is 810 g/mol. The molecule has 2 aliphatic carbocycles. The van der Waals surface area contributed by atoms with E-state index in [0.29, 0.717) is 0 Å². The van der Waals surface area contributed by atoms with Crippen molar-refractivity contribution in [3.05, 3.63) is 259 Å². The number of anilines is 3. The molecule has 1 spiro atoms. The zero-order chi connectivity index (χ0) is 41.9. The first-order valence-electron chi connectivity index (χ1n) is 22.3. The Morgan fingerprint density at radius 3 is 1.30 bits per heavy atom. The van der Waals surface area contributed by atoms with Crippen LogP contribution in [0.25, 0.3) is 87.2 Å². The quantitative estimate of drug-likeness (QED) is 0.160. The Balaban J connectivity index is 1.16. The topological polar surface area (TPSA) is 3.24 Å². The van der Waals surface area contributed by atoms with Gasteiger partial charge in [0.05, 0.1) is 16.8 Å². The molecule has 0 atom stereocenters. The van der Waals surface area contributed by atoms with Crippen molar-refractivity contribution in [3.8, 4) is 33.4 Å². The average Bonchev–Trinajstić information content (AvgIpc) is 3.83. The molecule has 0 fully saturated rings. The van der Waals surface area contributed by atoms with E-state index >= 15 is 0 Å². The molecule has 12 aromatic carbocycles. The molecule has 0 unspecified atom stereocenters. The van der Waals surface area contributed by atoms with Crippen molar-refractivity contribution in [1.82, 2.24) is 0 Å². The van der Waals surface area contributed by atoms with Crippen LogP contribution in [0.5, 0.6) is 0 Å². The van der Waals surface area contributed by atoms with E-state index in [1.165, 1.54) is 109 Å². The molecule has 0 aromatic heterocycles. The molecule has 0 saturated carbocycles.